The van der Waals surface area contributed by atoms with Crippen LogP contribution in [0, 0.1) is 0 Å². The van der Waals surface area contributed by atoms with Gasteiger partial charge in [0.15, 0.2) is 11.5 Å². The zero-order valence-corrected chi connectivity index (χ0v) is 17.2. The molecule has 1 amide bonds. The summed E-state index contributed by atoms with van der Waals surface area (Å²) < 4.78 is 22.0. The Hall–Kier alpha value is -2.54. The Kier molecular flexibility index (Phi) is 6.92. The smallest absolute Gasteiger partial charge is 0.233 e. The van der Waals surface area contributed by atoms with Crippen LogP contribution >= 0.6 is 11.8 Å². The number of methoxy groups -OCH3 is 2. The average Bonchev–Trinajstić information content (AvgIpc) is 3.09. The van der Waals surface area contributed by atoms with Crippen LogP contribution in [0.5, 0.6) is 23.0 Å². The van der Waals surface area contributed by atoms with Crippen LogP contribution in [0.15, 0.2) is 42.5 Å². The van der Waals surface area contributed by atoms with E-state index in [9.17, 15) is 4.79 Å². The maximum absolute atomic E-state index is 12.4. The fourth-order valence-corrected chi connectivity index (χ4v) is 4.23. The van der Waals surface area contributed by atoms with Crippen molar-refractivity contribution in [3.63, 3.8) is 0 Å². The molecule has 1 unspecified atom stereocenters. The van der Waals surface area contributed by atoms with Gasteiger partial charge in [0.1, 0.15) is 23.5 Å². The maximum Gasteiger partial charge on any atom is 0.233 e. The van der Waals surface area contributed by atoms with Gasteiger partial charge in [0, 0.05) is 0 Å². The van der Waals surface area contributed by atoms with Crippen molar-refractivity contribution in [2.45, 2.75) is 12.3 Å². The molecule has 1 fully saturated rings. The van der Waals surface area contributed by atoms with Gasteiger partial charge in [-0.15, -0.1) is 11.8 Å². The highest BCUT2D eigenvalue weighted by Crippen LogP contribution is 2.41. The number of ether oxygens (including phenoxy) is 4. The summed E-state index contributed by atoms with van der Waals surface area (Å²) in [6, 6.07) is 13.2. The molecule has 1 aliphatic heterocycles. The molecule has 7 heteroatoms. The van der Waals surface area contributed by atoms with E-state index in [-0.39, 0.29) is 11.3 Å². The Bertz CT molecular complexity index is 796. The van der Waals surface area contributed by atoms with E-state index in [2.05, 4.69) is 0 Å². The van der Waals surface area contributed by atoms with Crippen molar-refractivity contribution in [1.82, 2.24) is 4.90 Å². The molecule has 28 heavy (non-hydrogen) atoms. The molecule has 0 spiro atoms. The molecular weight excluding hydrogens is 378 g/mol. The third kappa shape index (κ3) is 4.65. The predicted octanol–water partition coefficient (Wildman–Crippen LogP) is 3.76. The van der Waals surface area contributed by atoms with E-state index in [4.69, 9.17) is 18.9 Å². The second kappa shape index (κ2) is 9.59. The van der Waals surface area contributed by atoms with Crippen molar-refractivity contribution in [3.8, 4) is 23.0 Å². The van der Waals surface area contributed by atoms with Crippen LogP contribution in [0.3, 0.4) is 0 Å². The number of amides is 1. The number of benzene rings is 2. The van der Waals surface area contributed by atoms with E-state index < -0.39 is 0 Å². The minimum Gasteiger partial charge on any atom is -0.497 e. The second-order valence-corrected chi connectivity index (χ2v) is 7.19. The first-order valence-corrected chi connectivity index (χ1v) is 10.2. The molecule has 0 saturated carbocycles. The summed E-state index contributed by atoms with van der Waals surface area (Å²) in [6.45, 7) is 3.42. The van der Waals surface area contributed by atoms with Gasteiger partial charge in [-0.2, -0.15) is 0 Å². The summed E-state index contributed by atoms with van der Waals surface area (Å²) in [5.41, 5.74) is 1.02. The van der Waals surface area contributed by atoms with Gasteiger partial charge in [-0.3, -0.25) is 4.79 Å². The number of nitrogens with zero attached hydrogens (tertiary/aromatic N) is 1. The Morgan fingerprint density at radius 3 is 2.43 bits per heavy atom. The lowest BCUT2D eigenvalue weighted by molar-refractivity contribution is -0.128. The monoisotopic (exact) mass is 403 g/mol. The molecule has 6 nitrogen and oxygen atoms in total. The van der Waals surface area contributed by atoms with Crippen LogP contribution in [0.2, 0.25) is 0 Å². The Morgan fingerprint density at radius 2 is 1.75 bits per heavy atom. The molecule has 1 aliphatic rings. The highest BCUT2D eigenvalue weighted by molar-refractivity contribution is 8.00. The van der Waals surface area contributed by atoms with Crippen molar-refractivity contribution in [2.24, 2.45) is 0 Å². The lowest BCUT2D eigenvalue weighted by Gasteiger charge is -2.25. The fourth-order valence-electron chi connectivity index (χ4n) is 3.02. The largest absolute Gasteiger partial charge is 0.497 e. The first kappa shape index (κ1) is 20.2. The highest BCUT2D eigenvalue weighted by atomic mass is 32.2. The normalized spacial score (nSPS) is 16.2. The van der Waals surface area contributed by atoms with Gasteiger partial charge >= 0.3 is 0 Å². The minimum absolute atomic E-state index is 0.0583. The van der Waals surface area contributed by atoms with Crippen molar-refractivity contribution in [3.05, 3.63) is 48.0 Å². The summed E-state index contributed by atoms with van der Waals surface area (Å²) in [6.07, 6.45) is 0. The zero-order chi connectivity index (χ0) is 19.9. The number of carbonyl (C=O) groups excluding carboxylic acids is 1. The summed E-state index contributed by atoms with van der Waals surface area (Å²) in [5, 5.41) is -0.0583. The van der Waals surface area contributed by atoms with E-state index in [1.807, 2.05) is 54.3 Å². The van der Waals surface area contributed by atoms with Gasteiger partial charge in [-0.1, -0.05) is 6.07 Å². The van der Waals surface area contributed by atoms with E-state index in [1.54, 1.807) is 26.0 Å². The lowest BCUT2D eigenvalue weighted by Crippen LogP contribution is -2.32. The maximum atomic E-state index is 12.4. The minimum atomic E-state index is -0.0583. The van der Waals surface area contributed by atoms with Crippen LogP contribution in [-0.4, -0.2) is 50.5 Å². The van der Waals surface area contributed by atoms with Gasteiger partial charge < -0.3 is 23.8 Å². The molecular formula is C21H25NO5S. The molecule has 2 aromatic carbocycles. The number of hydrogen-bond acceptors (Lipinski definition) is 6. The van der Waals surface area contributed by atoms with E-state index >= 15 is 0 Å². The number of carbonyl (C=O) groups is 1. The number of hydrogen-bond donors (Lipinski definition) is 0. The first-order chi connectivity index (χ1) is 13.7. The SMILES string of the molecule is CCOc1cc(C2SCC(=O)N2CCOc2ccc(OC)cc2)ccc1OC. The van der Waals surface area contributed by atoms with E-state index in [1.165, 1.54) is 0 Å². The third-order valence-electron chi connectivity index (χ3n) is 4.40. The summed E-state index contributed by atoms with van der Waals surface area (Å²) in [4.78, 5) is 14.2. The lowest BCUT2D eigenvalue weighted by atomic mass is 10.2. The van der Waals surface area contributed by atoms with Gasteiger partial charge in [-0.05, 0) is 48.9 Å². The summed E-state index contributed by atoms with van der Waals surface area (Å²) >= 11 is 1.61. The Balaban J connectivity index is 1.66. The molecule has 0 radical (unpaired) electrons. The predicted molar refractivity (Wildman–Crippen MR) is 110 cm³/mol. The Morgan fingerprint density at radius 1 is 1.00 bits per heavy atom. The van der Waals surface area contributed by atoms with Gasteiger partial charge in [-0.25, -0.2) is 0 Å². The fraction of sp³-hybridized carbons (Fsp3) is 0.381. The molecule has 2 aromatic rings. The second-order valence-electron chi connectivity index (χ2n) is 6.12. The van der Waals surface area contributed by atoms with Crippen LogP contribution in [0.1, 0.15) is 17.9 Å². The molecule has 1 saturated heterocycles. The van der Waals surface area contributed by atoms with Crippen molar-refractivity contribution < 1.29 is 23.7 Å². The number of thioether (sulfide) groups is 1. The van der Waals surface area contributed by atoms with Gasteiger partial charge in [0.25, 0.3) is 0 Å². The van der Waals surface area contributed by atoms with E-state index in [0.29, 0.717) is 37.0 Å². The molecule has 150 valence electrons. The van der Waals surface area contributed by atoms with Crippen LogP contribution in [-0.2, 0) is 4.79 Å². The standard InChI is InChI=1S/C21H25NO5S/c1-4-26-19-13-15(5-10-18(19)25-3)21-22(20(23)14-28-21)11-12-27-17-8-6-16(24-2)7-9-17/h5-10,13,21H,4,11-12,14H2,1-3H3. The molecule has 0 bridgehead atoms. The quantitative estimate of drug-likeness (QED) is 0.636. The number of rotatable bonds is 9. The van der Waals surface area contributed by atoms with Gasteiger partial charge in [0.2, 0.25) is 5.91 Å². The molecule has 1 atom stereocenters. The molecule has 1 heterocycles. The van der Waals surface area contributed by atoms with Crippen molar-refractivity contribution >= 4 is 17.7 Å². The van der Waals surface area contributed by atoms with Crippen molar-refractivity contribution in [1.29, 1.82) is 0 Å². The molecule has 0 N–H and O–H groups in total. The molecule has 3 rings (SSSR count). The van der Waals surface area contributed by atoms with Crippen molar-refractivity contribution in [2.75, 3.05) is 39.7 Å². The summed E-state index contributed by atoms with van der Waals surface area (Å²) in [7, 11) is 3.25. The Labute approximate surface area is 169 Å². The molecule has 0 aliphatic carbocycles. The van der Waals surface area contributed by atoms with Gasteiger partial charge in [0.05, 0.1) is 33.1 Å². The topological polar surface area (TPSA) is 57.2 Å². The molecule has 0 aromatic heterocycles. The first-order valence-electron chi connectivity index (χ1n) is 9.15. The highest BCUT2D eigenvalue weighted by Gasteiger charge is 2.33. The third-order valence-corrected chi connectivity index (χ3v) is 5.66. The zero-order valence-electron chi connectivity index (χ0n) is 16.3. The average molecular weight is 404 g/mol. The van der Waals surface area contributed by atoms with Crippen LogP contribution in [0.25, 0.3) is 0 Å². The van der Waals surface area contributed by atoms with E-state index in [0.717, 1.165) is 17.1 Å². The van der Waals surface area contributed by atoms with Crippen LogP contribution in [0.4, 0.5) is 0 Å². The summed E-state index contributed by atoms with van der Waals surface area (Å²) in [5.74, 6) is 3.49. The van der Waals surface area contributed by atoms with Crippen LogP contribution < -0.4 is 18.9 Å².